The summed E-state index contributed by atoms with van der Waals surface area (Å²) in [6.07, 6.45) is 2.86. The molecule has 0 saturated carbocycles. The van der Waals surface area contributed by atoms with Crippen LogP contribution >= 0.6 is 23.5 Å². The van der Waals surface area contributed by atoms with E-state index in [1.54, 1.807) is 0 Å². The molecule has 0 bridgehead atoms. The van der Waals surface area contributed by atoms with Crippen molar-refractivity contribution >= 4 is 35.5 Å². The lowest BCUT2D eigenvalue weighted by atomic mass is 10.1. The Morgan fingerprint density at radius 3 is 2.38 bits per heavy atom. The molecule has 6 heteroatoms. The monoisotopic (exact) mass is 334 g/mol. The summed E-state index contributed by atoms with van der Waals surface area (Å²) < 4.78 is 11.0. The largest absolute Gasteiger partial charge is 0.460 e. The third kappa shape index (κ3) is 8.61. The van der Waals surface area contributed by atoms with Crippen molar-refractivity contribution in [2.75, 3.05) is 11.5 Å². The molecule has 0 aliphatic carbocycles. The van der Waals surface area contributed by atoms with Crippen LogP contribution < -0.4 is 0 Å². The molecule has 1 atom stereocenters. The van der Waals surface area contributed by atoms with E-state index in [-0.39, 0.29) is 18.0 Å². The Hall–Kier alpha value is -0.360. The fraction of sp³-hybridized carbons (Fsp3) is 0.867. The van der Waals surface area contributed by atoms with Crippen LogP contribution in [-0.2, 0) is 19.1 Å². The van der Waals surface area contributed by atoms with Crippen molar-refractivity contribution in [3.8, 4) is 0 Å². The summed E-state index contributed by atoms with van der Waals surface area (Å²) in [5.41, 5.74) is -0.443. The Balaban J connectivity index is 2.38. The zero-order chi connectivity index (χ0) is 15.9. The second-order valence-electron chi connectivity index (χ2n) is 6.09. The van der Waals surface area contributed by atoms with Crippen molar-refractivity contribution < 1.29 is 19.1 Å². The topological polar surface area (TPSA) is 52.6 Å². The molecule has 1 rings (SSSR count). The highest BCUT2D eigenvalue weighted by Gasteiger charge is 2.27. The van der Waals surface area contributed by atoms with Gasteiger partial charge in [-0.2, -0.15) is 0 Å². The highest BCUT2D eigenvalue weighted by Crippen LogP contribution is 2.36. The van der Waals surface area contributed by atoms with Crippen molar-refractivity contribution in [2.24, 2.45) is 0 Å². The highest BCUT2D eigenvalue weighted by molar-refractivity contribution is 8.17. The first-order valence-electron chi connectivity index (χ1n) is 7.40. The van der Waals surface area contributed by atoms with E-state index in [9.17, 15) is 9.59 Å². The van der Waals surface area contributed by atoms with Gasteiger partial charge in [-0.25, -0.2) is 0 Å². The molecule has 1 aliphatic heterocycles. The van der Waals surface area contributed by atoms with Gasteiger partial charge in [0.15, 0.2) is 0 Å². The van der Waals surface area contributed by atoms with Crippen LogP contribution in [-0.4, -0.2) is 39.7 Å². The summed E-state index contributed by atoms with van der Waals surface area (Å²) in [6, 6.07) is 0. The molecule has 0 aromatic rings. The molecule has 0 amide bonds. The summed E-state index contributed by atoms with van der Waals surface area (Å²) in [6.45, 7) is 7.03. The molecule has 1 fully saturated rings. The van der Waals surface area contributed by atoms with E-state index in [0.717, 1.165) is 11.5 Å². The molecule has 0 aromatic carbocycles. The van der Waals surface area contributed by atoms with E-state index in [2.05, 4.69) is 0 Å². The minimum absolute atomic E-state index is 0.111. The maximum atomic E-state index is 11.7. The van der Waals surface area contributed by atoms with E-state index in [1.165, 1.54) is 13.3 Å². The molecule has 122 valence electrons. The Labute approximate surface area is 136 Å². The zero-order valence-electron chi connectivity index (χ0n) is 13.3. The number of carbonyl (C=O) groups excluding carboxylic acids is 2. The van der Waals surface area contributed by atoms with Gasteiger partial charge in [0.25, 0.3) is 0 Å². The first kappa shape index (κ1) is 18.7. The van der Waals surface area contributed by atoms with Crippen LogP contribution in [0.5, 0.6) is 0 Å². The van der Waals surface area contributed by atoms with Gasteiger partial charge in [-0.05, 0) is 51.5 Å². The van der Waals surface area contributed by atoms with Gasteiger partial charge in [-0.3, -0.25) is 9.59 Å². The Kier molecular flexibility index (Phi) is 7.95. The van der Waals surface area contributed by atoms with Crippen molar-refractivity contribution in [1.29, 1.82) is 0 Å². The minimum Gasteiger partial charge on any atom is -0.460 e. The van der Waals surface area contributed by atoms with Gasteiger partial charge in [0.1, 0.15) is 11.7 Å². The summed E-state index contributed by atoms with van der Waals surface area (Å²) in [5, 5.41) is 0. The van der Waals surface area contributed by atoms with Crippen LogP contribution in [0.4, 0.5) is 0 Å². The summed E-state index contributed by atoms with van der Waals surface area (Å²) in [7, 11) is 0. The number of ether oxygens (including phenoxy) is 2. The van der Waals surface area contributed by atoms with Gasteiger partial charge in [0.05, 0.1) is 4.58 Å². The third-order valence-electron chi connectivity index (χ3n) is 2.76. The van der Waals surface area contributed by atoms with E-state index in [4.69, 9.17) is 9.47 Å². The average molecular weight is 335 g/mol. The second-order valence-corrected chi connectivity index (χ2v) is 8.89. The van der Waals surface area contributed by atoms with Crippen molar-refractivity contribution in [3.05, 3.63) is 0 Å². The van der Waals surface area contributed by atoms with Crippen LogP contribution in [0.1, 0.15) is 53.4 Å². The standard InChI is InChI=1S/C15H26O4S2/c1-11(16)18-12(14-20-9-6-10-21-14)7-5-8-13(17)19-15(2,3)4/h12,14H,5-10H2,1-4H3/t12-/m0/s1. The summed E-state index contributed by atoms with van der Waals surface area (Å²) >= 11 is 3.70. The quantitative estimate of drug-likeness (QED) is 0.692. The number of carbonyl (C=O) groups is 2. The van der Waals surface area contributed by atoms with Gasteiger partial charge < -0.3 is 9.47 Å². The first-order valence-corrected chi connectivity index (χ1v) is 9.50. The SMILES string of the molecule is CC(=O)O[C@@H](CCCC(=O)OC(C)(C)C)C1SCCCS1. The predicted octanol–water partition coefficient (Wildman–Crippen LogP) is 3.63. The molecule has 21 heavy (non-hydrogen) atoms. The number of hydrogen-bond donors (Lipinski definition) is 0. The van der Waals surface area contributed by atoms with Crippen LogP contribution in [0.3, 0.4) is 0 Å². The molecule has 0 spiro atoms. The van der Waals surface area contributed by atoms with Crippen molar-refractivity contribution in [1.82, 2.24) is 0 Å². The summed E-state index contributed by atoms with van der Waals surface area (Å²) in [5.74, 6) is 1.79. The Morgan fingerprint density at radius 2 is 1.86 bits per heavy atom. The highest BCUT2D eigenvalue weighted by atomic mass is 32.2. The fourth-order valence-corrected chi connectivity index (χ4v) is 5.07. The number of hydrogen-bond acceptors (Lipinski definition) is 6. The average Bonchev–Trinajstić information content (AvgIpc) is 2.36. The van der Waals surface area contributed by atoms with E-state index >= 15 is 0 Å². The third-order valence-corrected chi connectivity index (χ3v) is 5.89. The first-order chi connectivity index (χ1) is 9.78. The number of esters is 2. The van der Waals surface area contributed by atoms with Crippen LogP contribution in [0.2, 0.25) is 0 Å². The van der Waals surface area contributed by atoms with Gasteiger partial charge in [0, 0.05) is 13.3 Å². The maximum absolute atomic E-state index is 11.7. The lowest BCUT2D eigenvalue weighted by Crippen LogP contribution is -2.29. The second kappa shape index (κ2) is 8.93. The molecule has 1 heterocycles. The van der Waals surface area contributed by atoms with E-state index in [0.29, 0.717) is 23.8 Å². The van der Waals surface area contributed by atoms with E-state index in [1.807, 2.05) is 44.3 Å². The molecule has 1 saturated heterocycles. The molecule has 4 nitrogen and oxygen atoms in total. The zero-order valence-corrected chi connectivity index (χ0v) is 15.0. The van der Waals surface area contributed by atoms with Crippen molar-refractivity contribution in [2.45, 2.75) is 69.7 Å². The van der Waals surface area contributed by atoms with Crippen LogP contribution in [0.15, 0.2) is 0 Å². The minimum atomic E-state index is -0.443. The van der Waals surface area contributed by atoms with Gasteiger partial charge in [-0.1, -0.05) is 0 Å². The maximum Gasteiger partial charge on any atom is 0.306 e. The van der Waals surface area contributed by atoms with Gasteiger partial charge in [-0.15, -0.1) is 23.5 Å². The lowest BCUT2D eigenvalue weighted by Gasteiger charge is -2.28. The molecule has 0 radical (unpaired) electrons. The number of rotatable bonds is 6. The number of thioether (sulfide) groups is 2. The van der Waals surface area contributed by atoms with Crippen LogP contribution in [0, 0.1) is 0 Å². The van der Waals surface area contributed by atoms with Gasteiger partial charge in [0.2, 0.25) is 0 Å². The fourth-order valence-electron chi connectivity index (χ4n) is 2.02. The molecule has 0 unspecified atom stereocenters. The molecule has 0 aromatic heterocycles. The molecule has 1 aliphatic rings. The molecular formula is C15H26O4S2. The predicted molar refractivity (Wildman–Crippen MR) is 88.6 cm³/mol. The van der Waals surface area contributed by atoms with Crippen molar-refractivity contribution in [3.63, 3.8) is 0 Å². The smallest absolute Gasteiger partial charge is 0.306 e. The lowest BCUT2D eigenvalue weighted by molar-refractivity contribution is -0.155. The normalized spacial score (nSPS) is 18.1. The summed E-state index contributed by atoms with van der Waals surface area (Å²) in [4.78, 5) is 22.9. The van der Waals surface area contributed by atoms with Gasteiger partial charge >= 0.3 is 11.9 Å². The van der Waals surface area contributed by atoms with Crippen LogP contribution in [0.25, 0.3) is 0 Å². The molecular weight excluding hydrogens is 308 g/mol. The molecule has 0 N–H and O–H groups in total. The Morgan fingerprint density at radius 1 is 1.24 bits per heavy atom. The van der Waals surface area contributed by atoms with E-state index < -0.39 is 5.60 Å². The Bertz CT molecular complexity index is 346.